The van der Waals surface area contributed by atoms with Crippen molar-refractivity contribution in [2.45, 2.75) is 56.1 Å². The Balaban J connectivity index is 1.35. The minimum absolute atomic E-state index is 0.0473. The Morgan fingerprint density at radius 1 is 1.19 bits per heavy atom. The van der Waals surface area contributed by atoms with Gasteiger partial charge in [-0.25, -0.2) is 4.39 Å². The first-order valence-electron chi connectivity index (χ1n) is 13.4. The van der Waals surface area contributed by atoms with E-state index in [0.29, 0.717) is 28.2 Å². The van der Waals surface area contributed by atoms with Gasteiger partial charge >= 0.3 is 0 Å². The molecule has 0 atom stereocenters. The summed E-state index contributed by atoms with van der Waals surface area (Å²) in [5.74, 6) is 4.82. The molecule has 0 unspecified atom stereocenters. The van der Waals surface area contributed by atoms with Crippen LogP contribution in [0, 0.1) is 17.7 Å². The number of amides is 2. The van der Waals surface area contributed by atoms with Crippen LogP contribution in [-0.4, -0.2) is 68.9 Å². The molecule has 0 radical (unpaired) electrons. The highest BCUT2D eigenvalue weighted by molar-refractivity contribution is 7.99. The number of carbonyl (C=O) groups excluding carboxylic acids is 2. The van der Waals surface area contributed by atoms with Gasteiger partial charge in [0.05, 0.1) is 33.3 Å². The molecule has 1 aromatic heterocycles. The van der Waals surface area contributed by atoms with Crippen LogP contribution in [0.4, 0.5) is 10.1 Å². The molecule has 2 amide bonds. The Morgan fingerprint density at radius 3 is 2.64 bits per heavy atom. The second kappa shape index (κ2) is 13.9. The molecule has 3 aromatic rings. The normalized spacial score (nSPS) is 13.0. The summed E-state index contributed by atoms with van der Waals surface area (Å²) in [6.45, 7) is 4.28. The molecule has 9 nitrogen and oxygen atoms in total. The summed E-state index contributed by atoms with van der Waals surface area (Å²) < 4.78 is 16.5. The van der Waals surface area contributed by atoms with E-state index in [9.17, 15) is 9.59 Å². The van der Waals surface area contributed by atoms with Crippen molar-refractivity contribution in [1.82, 2.24) is 30.4 Å². The zero-order chi connectivity index (χ0) is 30.4. The third kappa shape index (κ3) is 8.67. The fourth-order valence-corrected chi connectivity index (χ4v) is 5.23. The predicted molar refractivity (Wildman–Crippen MR) is 164 cm³/mol. The third-order valence-corrected chi connectivity index (χ3v) is 7.94. The molecular formula is C29H32Cl2FN7O2S. The lowest BCUT2D eigenvalue weighted by molar-refractivity contribution is -0.122. The molecule has 4 rings (SSSR count). The van der Waals surface area contributed by atoms with E-state index < -0.39 is 17.3 Å². The van der Waals surface area contributed by atoms with Crippen molar-refractivity contribution in [2.24, 2.45) is 0 Å². The van der Waals surface area contributed by atoms with E-state index in [0.717, 1.165) is 37.6 Å². The Hall–Kier alpha value is -3.17. The molecule has 0 bridgehead atoms. The molecule has 42 heavy (non-hydrogen) atoms. The van der Waals surface area contributed by atoms with Crippen molar-refractivity contribution >= 4 is 52.5 Å². The zero-order valence-electron chi connectivity index (χ0n) is 23.8. The maximum Gasteiger partial charge on any atom is 0.234 e. The number of rotatable bonds is 11. The number of benzene rings is 2. The van der Waals surface area contributed by atoms with Gasteiger partial charge in [0.25, 0.3) is 0 Å². The van der Waals surface area contributed by atoms with Crippen LogP contribution in [0.1, 0.15) is 56.6 Å². The van der Waals surface area contributed by atoms with Gasteiger partial charge in [-0.15, -0.1) is 5.10 Å². The highest BCUT2D eigenvalue weighted by Gasteiger charge is 2.25. The first-order valence-corrected chi connectivity index (χ1v) is 15.2. The number of hydrogen-bond donors (Lipinski definition) is 2. The number of thioether (sulfide) groups is 1. The van der Waals surface area contributed by atoms with Crippen molar-refractivity contribution in [3.63, 3.8) is 0 Å². The number of anilines is 1. The molecule has 1 heterocycles. The van der Waals surface area contributed by atoms with E-state index in [1.807, 2.05) is 37.2 Å². The van der Waals surface area contributed by atoms with Gasteiger partial charge in [-0.2, -0.15) is 4.68 Å². The van der Waals surface area contributed by atoms with Crippen LogP contribution in [0.5, 0.6) is 0 Å². The molecule has 222 valence electrons. The molecule has 1 aliphatic carbocycles. The van der Waals surface area contributed by atoms with Gasteiger partial charge in [-0.3, -0.25) is 9.59 Å². The summed E-state index contributed by atoms with van der Waals surface area (Å²) in [4.78, 5) is 26.9. The monoisotopic (exact) mass is 631 g/mol. The highest BCUT2D eigenvalue weighted by atomic mass is 35.5. The fourth-order valence-electron chi connectivity index (χ4n) is 4.07. The van der Waals surface area contributed by atoms with Crippen molar-refractivity contribution in [1.29, 1.82) is 0 Å². The number of tetrazole rings is 1. The van der Waals surface area contributed by atoms with Crippen LogP contribution in [0.2, 0.25) is 10.0 Å². The van der Waals surface area contributed by atoms with Crippen molar-refractivity contribution < 1.29 is 14.0 Å². The third-order valence-electron chi connectivity index (χ3n) is 6.35. The zero-order valence-corrected chi connectivity index (χ0v) is 26.1. The first-order chi connectivity index (χ1) is 19.9. The standard InChI is InChI=1S/C29H32Cl2FN7O2S/c1-29(2,34-24(40)6-5-15-38(3)4)14-13-19-9-11-22(26(31)27(19)32)33-25(41)17-42-28-35-36-37-39(28)23-12-10-20(16-21(23)30)18-7-8-18/h9-12,16,18H,5-8,15,17H2,1-4H3,(H,33,41)(H,34,40). The van der Waals surface area contributed by atoms with E-state index in [2.05, 4.69) is 38.0 Å². The van der Waals surface area contributed by atoms with E-state index in [1.165, 1.54) is 22.4 Å². The van der Waals surface area contributed by atoms with Crippen molar-refractivity contribution in [3.8, 4) is 17.5 Å². The van der Waals surface area contributed by atoms with E-state index in [-0.39, 0.29) is 27.9 Å². The maximum atomic E-state index is 15.0. The summed E-state index contributed by atoms with van der Waals surface area (Å²) >= 11 is 13.8. The van der Waals surface area contributed by atoms with Crippen LogP contribution in [-0.2, 0) is 9.59 Å². The van der Waals surface area contributed by atoms with E-state index >= 15 is 4.39 Å². The molecule has 13 heteroatoms. The Labute approximate surface area is 258 Å². The molecule has 1 fully saturated rings. The van der Waals surface area contributed by atoms with Gasteiger partial charge in [-0.1, -0.05) is 52.9 Å². The summed E-state index contributed by atoms with van der Waals surface area (Å²) in [6.07, 6.45) is 3.41. The van der Waals surface area contributed by atoms with Gasteiger partial charge < -0.3 is 15.5 Å². The topological polar surface area (TPSA) is 105 Å². The average molecular weight is 633 g/mol. The predicted octanol–water partition coefficient (Wildman–Crippen LogP) is 5.30. The number of nitrogens with one attached hydrogen (secondary N) is 2. The molecule has 0 saturated heterocycles. The number of nitrogens with zero attached hydrogens (tertiary/aromatic N) is 5. The first kappa shape index (κ1) is 31.8. The van der Waals surface area contributed by atoms with Crippen LogP contribution < -0.4 is 10.6 Å². The summed E-state index contributed by atoms with van der Waals surface area (Å²) in [5.41, 5.74) is 1.08. The minimum atomic E-state index is -0.878. The van der Waals surface area contributed by atoms with Crippen LogP contribution in [0.25, 0.3) is 5.69 Å². The second-order valence-electron chi connectivity index (χ2n) is 10.8. The Bertz CT molecular complexity index is 1530. The fraction of sp³-hybridized carbons (Fsp3) is 0.414. The molecule has 2 aromatic carbocycles. The quantitative estimate of drug-likeness (QED) is 0.218. The van der Waals surface area contributed by atoms with Gasteiger partial charge in [0.1, 0.15) is 5.02 Å². The molecule has 2 N–H and O–H groups in total. The molecule has 0 spiro atoms. The minimum Gasteiger partial charge on any atom is -0.340 e. The lowest BCUT2D eigenvalue weighted by atomic mass is 10.0. The number of aromatic nitrogens is 4. The lowest BCUT2D eigenvalue weighted by Crippen LogP contribution is -2.42. The van der Waals surface area contributed by atoms with Crippen LogP contribution in [0.3, 0.4) is 0 Å². The molecule has 0 aliphatic heterocycles. The van der Waals surface area contributed by atoms with Crippen molar-refractivity contribution in [2.75, 3.05) is 31.7 Å². The van der Waals surface area contributed by atoms with Crippen LogP contribution in [0.15, 0.2) is 35.5 Å². The molecular weight excluding hydrogens is 600 g/mol. The lowest BCUT2D eigenvalue weighted by Gasteiger charge is -2.20. The Kier molecular flexibility index (Phi) is 10.5. The molecule has 1 aliphatic rings. The average Bonchev–Trinajstić information content (AvgIpc) is 3.67. The summed E-state index contributed by atoms with van der Waals surface area (Å²) in [5, 5.41) is 17.8. The number of hydrogen-bond acceptors (Lipinski definition) is 7. The second-order valence-corrected chi connectivity index (χ2v) is 12.5. The summed E-state index contributed by atoms with van der Waals surface area (Å²) in [6, 6.07) is 8.71. The van der Waals surface area contributed by atoms with Gasteiger partial charge in [0.2, 0.25) is 17.0 Å². The van der Waals surface area contributed by atoms with E-state index in [4.69, 9.17) is 23.2 Å². The van der Waals surface area contributed by atoms with Gasteiger partial charge in [-0.05, 0) is 99.9 Å². The maximum absolute atomic E-state index is 15.0. The van der Waals surface area contributed by atoms with E-state index in [1.54, 1.807) is 13.8 Å². The summed E-state index contributed by atoms with van der Waals surface area (Å²) in [7, 11) is 3.89. The van der Waals surface area contributed by atoms with Crippen molar-refractivity contribution in [3.05, 3.63) is 57.3 Å². The smallest absolute Gasteiger partial charge is 0.234 e. The largest absolute Gasteiger partial charge is 0.340 e. The van der Waals surface area contributed by atoms with Gasteiger partial charge in [0, 0.05) is 6.42 Å². The Morgan fingerprint density at radius 2 is 1.95 bits per heavy atom. The SMILES string of the molecule is CN(C)CCCC(=O)NC(C)(C)C#Cc1ccc(NC(=O)CSc2nnnn2-c2ccc(C3CC3)cc2Cl)c(Cl)c1F. The molecule has 1 saturated carbocycles. The highest BCUT2D eigenvalue weighted by Crippen LogP contribution is 2.41. The van der Waals surface area contributed by atoms with Crippen LogP contribution >= 0.6 is 35.0 Å². The number of halogens is 3. The van der Waals surface area contributed by atoms with Gasteiger partial charge in [0.15, 0.2) is 5.82 Å². The number of carbonyl (C=O) groups is 2.